The van der Waals surface area contributed by atoms with Gasteiger partial charge in [0.05, 0.1) is 6.10 Å². The minimum atomic E-state index is -0.274. The maximum atomic E-state index is 9.88. The largest absolute Gasteiger partial charge is 0.389 e. The lowest BCUT2D eigenvalue weighted by Gasteiger charge is -2.36. The normalized spacial score (nSPS) is 28.9. The van der Waals surface area contributed by atoms with Crippen molar-refractivity contribution in [1.29, 1.82) is 0 Å². The summed E-state index contributed by atoms with van der Waals surface area (Å²) in [6.07, 6.45) is 7.93. The third-order valence-electron chi connectivity index (χ3n) is 3.44. The molecule has 1 aliphatic carbocycles. The summed E-state index contributed by atoms with van der Waals surface area (Å²) in [7, 11) is 0. The topological polar surface area (TPSA) is 20.2 Å². The molecule has 1 nitrogen and oxygen atoms in total. The highest BCUT2D eigenvalue weighted by molar-refractivity contribution is 5.15. The van der Waals surface area contributed by atoms with Gasteiger partial charge in [0.25, 0.3) is 0 Å². The van der Waals surface area contributed by atoms with Crippen LogP contribution in [0.1, 0.15) is 40.5 Å². The molecule has 2 atom stereocenters. The van der Waals surface area contributed by atoms with Crippen LogP contribution in [0.25, 0.3) is 0 Å². The van der Waals surface area contributed by atoms with E-state index in [1.807, 2.05) is 19.1 Å². The van der Waals surface area contributed by atoms with Gasteiger partial charge in [-0.1, -0.05) is 37.6 Å². The molecule has 0 heterocycles. The predicted octanol–water partition coefficient (Wildman–Crippen LogP) is 3.31. The smallest absolute Gasteiger partial charge is 0.0752 e. The van der Waals surface area contributed by atoms with Crippen molar-refractivity contribution in [1.82, 2.24) is 0 Å². The Kier molecular flexibility index (Phi) is 3.54. The van der Waals surface area contributed by atoms with Crippen LogP contribution in [0.2, 0.25) is 0 Å². The Morgan fingerprint density at radius 2 is 2.21 bits per heavy atom. The zero-order chi connectivity index (χ0) is 10.8. The second kappa shape index (κ2) is 4.31. The second-order valence-corrected chi connectivity index (χ2v) is 4.99. The molecule has 2 unspecified atom stereocenters. The summed E-state index contributed by atoms with van der Waals surface area (Å²) in [4.78, 5) is 0. The number of aliphatic hydroxyl groups is 1. The van der Waals surface area contributed by atoms with Crippen LogP contribution in [0.5, 0.6) is 0 Å². The van der Waals surface area contributed by atoms with Crippen LogP contribution < -0.4 is 0 Å². The monoisotopic (exact) mass is 194 g/mol. The highest BCUT2D eigenvalue weighted by atomic mass is 16.3. The van der Waals surface area contributed by atoms with Crippen LogP contribution in [-0.2, 0) is 0 Å². The Balaban J connectivity index is 2.70. The first-order valence-electron chi connectivity index (χ1n) is 5.45. The zero-order valence-corrected chi connectivity index (χ0v) is 9.75. The maximum Gasteiger partial charge on any atom is 0.0752 e. The molecule has 1 heteroatoms. The minimum absolute atomic E-state index is 0.255. The lowest BCUT2D eigenvalue weighted by Crippen LogP contribution is -2.29. The minimum Gasteiger partial charge on any atom is -0.389 e. The van der Waals surface area contributed by atoms with Crippen LogP contribution in [0.3, 0.4) is 0 Å². The van der Waals surface area contributed by atoms with Crippen molar-refractivity contribution in [3.05, 3.63) is 23.8 Å². The van der Waals surface area contributed by atoms with Gasteiger partial charge in [-0.15, -0.1) is 0 Å². The SMILES string of the molecule is C/C=C\C(O)C1CC=C(C)C(C)(C)C1. The van der Waals surface area contributed by atoms with E-state index in [1.165, 1.54) is 5.57 Å². The first-order chi connectivity index (χ1) is 6.47. The van der Waals surface area contributed by atoms with Gasteiger partial charge in [0.15, 0.2) is 0 Å². The Bertz CT molecular complexity index is 248. The Morgan fingerprint density at radius 3 is 2.71 bits per heavy atom. The lowest BCUT2D eigenvalue weighted by atomic mass is 9.70. The number of hydrogen-bond acceptors (Lipinski definition) is 1. The highest BCUT2D eigenvalue weighted by Gasteiger charge is 2.31. The van der Waals surface area contributed by atoms with Gasteiger partial charge in [0.1, 0.15) is 0 Å². The van der Waals surface area contributed by atoms with Gasteiger partial charge in [0, 0.05) is 0 Å². The molecular weight excluding hydrogens is 172 g/mol. The molecule has 0 aromatic heterocycles. The maximum absolute atomic E-state index is 9.88. The van der Waals surface area contributed by atoms with E-state index in [4.69, 9.17) is 0 Å². The molecule has 1 aliphatic rings. The Morgan fingerprint density at radius 1 is 1.57 bits per heavy atom. The summed E-state index contributed by atoms with van der Waals surface area (Å²) in [5.74, 6) is 0.393. The number of allylic oxidation sites excluding steroid dienone is 3. The summed E-state index contributed by atoms with van der Waals surface area (Å²) in [5.41, 5.74) is 1.72. The average Bonchev–Trinajstić information content (AvgIpc) is 2.10. The van der Waals surface area contributed by atoms with Crippen LogP contribution >= 0.6 is 0 Å². The van der Waals surface area contributed by atoms with Gasteiger partial charge in [0.2, 0.25) is 0 Å². The standard InChI is InChI=1S/C13H22O/c1-5-6-12(14)11-8-7-10(2)13(3,4)9-11/h5-7,11-12,14H,8-9H2,1-4H3/b6-5-. The van der Waals surface area contributed by atoms with E-state index in [2.05, 4.69) is 26.8 Å². The lowest BCUT2D eigenvalue weighted by molar-refractivity contribution is 0.117. The van der Waals surface area contributed by atoms with Crippen LogP contribution in [-0.4, -0.2) is 11.2 Å². The first-order valence-corrected chi connectivity index (χ1v) is 5.45. The quantitative estimate of drug-likeness (QED) is 0.669. The third-order valence-corrected chi connectivity index (χ3v) is 3.44. The fraction of sp³-hybridized carbons (Fsp3) is 0.692. The van der Waals surface area contributed by atoms with E-state index in [0.29, 0.717) is 5.92 Å². The van der Waals surface area contributed by atoms with Crippen molar-refractivity contribution in [2.75, 3.05) is 0 Å². The molecule has 0 fully saturated rings. The number of rotatable bonds is 2. The molecule has 0 amide bonds. The molecule has 0 radical (unpaired) electrons. The predicted molar refractivity (Wildman–Crippen MR) is 61.1 cm³/mol. The van der Waals surface area contributed by atoms with Gasteiger partial charge < -0.3 is 5.11 Å². The molecular formula is C13H22O. The fourth-order valence-corrected chi connectivity index (χ4v) is 2.12. The second-order valence-electron chi connectivity index (χ2n) is 4.99. The number of hydrogen-bond donors (Lipinski definition) is 1. The highest BCUT2D eigenvalue weighted by Crippen LogP contribution is 2.40. The Hall–Kier alpha value is -0.560. The van der Waals surface area contributed by atoms with Crippen molar-refractivity contribution in [3.63, 3.8) is 0 Å². The van der Waals surface area contributed by atoms with Crippen LogP contribution in [0, 0.1) is 11.3 Å². The molecule has 0 aliphatic heterocycles. The molecule has 0 spiro atoms. The van der Waals surface area contributed by atoms with Crippen molar-refractivity contribution in [2.24, 2.45) is 11.3 Å². The van der Waals surface area contributed by atoms with E-state index in [9.17, 15) is 5.11 Å². The third kappa shape index (κ3) is 2.48. The zero-order valence-electron chi connectivity index (χ0n) is 9.75. The average molecular weight is 194 g/mol. The molecule has 1 rings (SSSR count). The summed E-state index contributed by atoms with van der Waals surface area (Å²) in [6.45, 7) is 8.66. The molecule has 0 aromatic rings. The van der Waals surface area contributed by atoms with E-state index in [0.717, 1.165) is 12.8 Å². The van der Waals surface area contributed by atoms with Crippen LogP contribution in [0.4, 0.5) is 0 Å². The van der Waals surface area contributed by atoms with Gasteiger partial charge in [-0.3, -0.25) is 0 Å². The van der Waals surface area contributed by atoms with Gasteiger partial charge in [-0.05, 0) is 38.0 Å². The van der Waals surface area contributed by atoms with E-state index < -0.39 is 0 Å². The van der Waals surface area contributed by atoms with E-state index in [-0.39, 0.29) is 11.5 Å². The van der Waals surface area contributed by atoms with Crippen molar-refractivity contribution in [3.8, 4) is 0 Å². The molecule has 1 N–H and O–H groups in total. The summed E-state index contributed by atoms with van der Waals surface area (Å²) < 4.78 is 0. The molecule has 0 saturated carbocycles. The van der Waals surface area contributed by atoms with Crippen molar-refractivity contribution in [2.45, 2.75) is 46.6 Å². The van der Waals surface area contributed by atoms with Gasteiger partial charge in [-0.25, -0.2) is 0 Å². The summed E-state index contributed by atoms with van der Waals surface area (Å²) >= 11 is 0. The van der Waals surface area contributed by atoms with Gasteiger partial charge in [-0.2, -0.15) is 0 Å². The van der Waals surface area contributed by atoms with Crippen molar-refractivity contribution >= 4 is 0 Å². The van der Waals surface area contributed by atoms with E-state index in [1.54, 1.807) is 0 Å². The molecule has 0 bridgehead atoms. The van der Waals surface area contributed by atoms with Gasteiger partial charge >= 0.3 is 0 Å². The summed E-state index contributed by atoms with van der Waals surface area (Å²) in [6, 6.07) is 0. The number of aliphatic hydroxyl groups excluding tert-OH is 1. The van der Waals surface area contributed by atoms with E-state index >= 15 is 0 Å². The Labute approximate surface area is 87.5 Å². The molecule has 0 aromatic carbocycles. The molecule has 80 valence electrons. The van der Waals surface area contributed by atoms with Crippen molar-refractivity contribution < 1.29 is 5.11 Å². The molecule has 0 saturated heterocycles. The molecule has 14 heavy (non-hydrogen) atoms. The fourth-order valence-electron chi connectivity index (χ4n) is 2.12. The first kappa shape index (κ1) is 11.5. The van der Waals surface area contributed by atoms with Crippen LogP contribution in [0.15, 0.2) is 23.8 Å². The summed E-state index contributed by atoms with van der Waals surface area (Å²) in [5, 5.41) is 9.88.